The molecule has 96 valence electrons. The van der Waals surface area contributed by atoms with Crippen LogP contribution >= 0.6 is 11.8 Å². The van der Waals surface area contributed by atoms with Crippen molar-refractivity contribution in [2.45, 2.75) is 25.5 Å². The topological polar surface area (TPSA) is 71.4 Å². The first-order valence-electron chi connectivity index (χ1n) is 5.40. The van der Waals surface area contributed by atoms with E-state index < -0.39 is 11.2 Å². The van der Waals surface area contributed by atoms with Gasteiger partial charge in [-0.25, -0.2) is 0 Å². The molecule has 0 heterocycles. The van der Waals surface area contributed by atoms with E-state index in [-0.39, 0.29) is 17.3 Å². The zero-order chi connectivity index (χ0) is 13.7. The zero-order valence-electron chi connectivity index (χ0n) is 10.2. The largest absolute Gasteiger partial charge is 0.480 e. The Bertz CT molecular complexity index is 482. The van der Waals surface area contributed by atoms with Crippen molar-refractivity contribution in [2.24, 2.45) is 0 Å². The average molecular weight is 266 g/mol. The quantitative estimate of drug-likeness (QED) is 0.828. The van der Waals surface area contributed by atoms with E-state index in [9.17, 15) is 14.4 Å². The predicted molar refractivity (Wildman–Crippen MR) is 69.8 cm³/mol. The molecule has 0 aliphatic heterocycles. The minimum Gasteiger partial charge on any atom is -0.480 e. The van der Waals surface area contributed by atoms with Crippen LogP contribution in [-0.2, 0) is 9.59 Å². The summed E-state index contributed by atoms with van der Waals surface area (Å²) in [5, 5.41) is 7.64. The maximum Gasteiger partial charge on any atom is 0.317 e. The number of aliphatic carboxylic acids is 1. The van der Waals surface area contributed by atoms with Gasteiger partial charge in [-0.2, -0.15) is 0 Å². The second-order valence-corrected chi connectivity index (χ2v) is 5.26. The van der Waals surface area contributed by atoms with Crippen LogP contribution in [0.4, 0.5) is 0 Å². The molecule has 0 spiro atoms. The highest BCUT2D eigenvalue weighted by atomic mass is 32.2. The van der Waals surface area contributed by atoms with E-state index in [2.05, 4.69) is 0 Å². The van der Waals surface area contributed by atoms with Crippen LogP contribution < -0.4 is 0 Å². The lowest BCUT2D eigenvalue weighted by molar-refractivity contribution is -0.136. The average Bonchev–Trinajstić information content (AvgIpc) is 2.27. The van der Waals surface area contributed by atoms with Crippen molar-refractivity contribution < 1.29 is 19.5 Å². The second-order valence-electron chi connectivity index (χ2n) is 3.88. The van der Waals surface area contributed by atoms with E-state index in [4.69, 9.17) is 5.11 Å². The lowest BCUT2D eigenvalue weighted by atomic mass is 10.0. The molecule has 0 bridgehead atoms. The molecule has 0 saturated carbocycles. The standard InChI is InChI=1S/C13H14O4S/c1-8-5-3-4-6-10(8)11(15)7-12(13(16)17)18-9(2)14/h3-6,12H,7H2,1-2H3,(H,16,17). The van der Waals surface area contributed by atoms with Gasteiger partial charge in [0.25, 0.3) is 0 Å². The van der Waals surface area contributed by atoms with Gasteiger partial charge in [0.2, 0.25) is 0 Å². The fourth-order valence-electron chi connectivity index (χ4n) is 1.54. The molecule has 0 aromatic heterocycles. The molecule has 0 aliphatic rings. The van der Waals surface area contributed by atoms with Crippen molar-refractivity contribution in [1.82, 2.24) is 0 Å². The summed E-state index contributed by atoms with van der Waals surface area (Å²) >= 11 is 0.677. The molecule has 1 N–H and O–H groups in total. The van der Waals surface area contributed by atoms with Gasteiger partial charge in [0.05, 0.1) is 0 Å². The Hall–Kier alpha value is -1.62. The number of ketones is 1. The molecule has 1 aromatic carbocycles. The Morgan fingerprint density at radius 2 is 1.89 bits per heavy atom. The summed E-state index contributed by atoms with van der Waals surface area (Å²) in [6, 6.07) is 7.00. The minimum absolute atomic E-state index is 0.176. The summed E-state index contributed by atoms with van der Waals surface area (Å²) in [6.07, 6.45) is -0.176. The number of hydrogen-bond acceptors (Lipinski definition) is 4. The monoisotopic (exact) mass is 266 g/mol. The smallest absolute Gasteiger partial charge is 0.317 e. The van der Waals surface area contributed by atoms with Crippen molar-refractivity contribution in [3.8, 4) is 0 Å². The van der Waals surface area contributed by atoms with Gasteiger partial charge in [-0.05, 0) is 12.5 Å². The normalized spacial score (nSPS) is 11.9. The van der Waals surface area contributed by atoms with Crippen LogP contribution in [-0.4, -0.2) is 27.2 Å². The van der Waals surface area contributed by atoms with Crippen molar-refractivity contribution >= 4 is 28.6 Å². The third-order valence-electron chi connectivity index (χ3n) is 2.40. The van der Waals surface area contributed by atoms with Gasteiger partial charge in [-0.1, -0.05) is 36.0 Å². The van der Waals surface area contributed by atoms with Crippen LogP contribution in [0.15, 0.2) is 24.3 Å². The van der Waals surface area contributed by atoms with Crippen LogP contribution in [0, 0.1) is 6.92 Å². The van der Waals surface area contributed by atoms with E-state index >= 15 is 0 Å². The highest BCUT2D eigenvalue weighted by Gasteiger charge is 2.24. The Labute approximate surface area is 109 Å². The number of aryl methyl sites for hydroxylation is 1. The van der Waals surface area contributed by atoms with Crippen molar-refractivity contribution in [3.05, 3.63) is 35.4 Å². The van der Waals surface area contributed by atoms with E-state index in [0.29, 0.717) is 17.3 Å². The number of carbonyl (C=O) groups is 3. The Morgan fingerprint density at radius 3 is 2.39 bits per heavy atom. The number of benzene rings is 1. The SMILES string of the molecule is CC(=O)SC(CC(=O)c1ccccc1C)C(=O)O. The molecule has 1 unspecified atom stereocenters. The van der Waals surface area contributed by atoms with E-state index in [1.165, 1.54) is 6.92 Å². The first-order chi connectivity index (χ1) is 8.41. The fraction of sp³-hybridized carbons (Fsp3) is 0.308. The molecule has 18 heavy (non-hydrogen) atoms. The lowest BCUT2D eigenvalue weighted by Gasteiger charge is -2.10. The van der Waals surface area contributed by atoms with E-state index in [0.717, 1.165) is 5.56 Å². The maximum absolute atomic E-state index is 12.0. The third kappa shape index (κ3) is 4.00. The molecule has 1 rings (SSSR count). The summed E-state index contributed by atoms with van der Waals surface area (Å²) in [5.74, 6) is -1.40. The molecule has 0 radical (unpaired) electrons. The molecule has 0 amide bonds. The second kappa shape index (κ2) is 6.35. The van der Waals surface area contributed by atoms with Crippen molar-refractivity contribution in [3.63, 3.8) is 0 Å². The number of Topliss-reactive ketones (excluding diaryl/α,β-unsaturated/α-hetero) is 1. The molecule has 1 atom stereocenters. The van der Waals surface area contributed by atoms with Crippen LogP contribution in [0.2, 0.25) is 0 Å². The molecular weight excluding hydrogens is 252 g/mol. The van der Waals surface area contributed by atoms with Gasteiger partial charge in [-0.3, -0.25) is 14.4 Å². The summed E-state index contributed by atoms with van der Waals surface area (Å²) in [4.78, 5) is 33.9. The minimum atomic E-state index is -1.14. The van der Waals surface area contributed by atoms with Gasteiger partial charge >= 0.3 is 5.97 Å². The predicted octanol–water partition coefficient (Wildman–Crippen LogP) is 2.30. The number of rotatable bonds is 5. The Balaban J connectivity index is 2.82. The van der Waals surface area contributed by atoms with Crippen LogP contribution in [0.3, 0.4) is 0 Å². The maximum atomic E-state index is 12.0. The van der Waals surface area contributed by atoms with Gasteiger partial charge in [0.15, 0.2) is 10.9 Å². The van der Waals surface area contributed by atoms with Gasteiger partial charge < -0.3 is 5.11 Å². The number of hydrogen-bond donors (Lipinski definition) is 1. The Morgan fingerprint density at radius 1 is 1.28 bits per heavy atom. The molecule has 0 aliphatic carbocycles. The summed E-state index contributed by atoms with van der Waals surface area (Å²) in [7, 11) is 0. The highest BCUT2D eigenvalue weighted by Crippen LogP contribution is 2.19. The third-order valence-corrected chi connectivity index (χ3v) is 3.38. The van der Waals surface area contributed by atoms with Crippen molar-refractivity contribution in [2.75, 3.05) is 0 Å². The van der Waals surface area contributed by atoms with E-state index in [1.807, 2.05) is 6.07 Å². The number of carboxylic acids is 1. The molecule has 4 nitrogen and oxygen atoms in total. The molecule has 0 saturated heterocycles. The van der Waals surface area contributed by atoms with Crippen molar-refractivity contribution in [1.29, 1.82) is 0 Å². The number of carbonyl (C=O) groups excluding carboxylic acids is 2. The lowest BCUT2D eigenvalue weighted by Crippen LogP contribution is -2.22. The Kier molecular flexibility index (Phi) is 5.09. The summed E-state index contributed by atoms with van der Waals surface area (Å²) in [6.45, 7) is 3.08. The molecular formula is C13H14O4S. The molecule has 5 heteroatoms. The first kappa shape index (κ1) is 14.4. The highest BCUT2D eigenvalue weighted by molar-refractivity contribution is 8.14. The van der Waals surface area contributed by atoms with Gasteiger partial charge in [0.1, 0.15) is 5.25 Å². The summed E-state index contributed by atoms with van der Waals surface area (Å²) in [5.41, 5.74) is 1.31. The molecule has 1 aromatic rings. The van der Waals surface area contributed by atoms with Crippen LogP contribution in [0.5, 0.6) is 0 Å². The van der Waals surface area contributed by atoms with Gasteiger partial charge in [0, 0.05) is 18.9 Å². The number of thioether (sulfide) groups is 1. The van der Waals surface area contributed by atoms with Crippen LogP contribution in [0.25, 0.3) is 0 Å². The van der Waals surface area contributed by atoms with Gasteiger partial charge in [-0.15, -0.1) is 0 Å². The zero-order valence-corrected chi connectivity index (χ0v) is 11.0. The molecule has 0 fully saturated rings. The number of carboxylic acid groups (broad SMARTS) is 1. The van der Waals surface area contributed by atoms with E-state index in [1.54, 1.807) is 25.1 Å². The fourth-order valence-corrected chi connectivity index (χ4v) is 2.28. The first-order valence-corrected chi connectivity index (χ1v) is 6.28. The van der Waals surface area contributed by atoms with Crippen LogP contribution in [0.1, 0.15) is 29.3 Å². The summed E-state index contributed by atoms with van der Waals surface area (Å²) < 4.78 is 0.